The summed E-state index contributed by atoms with van der Waals surface area (Å²) in [6, 6.07) is 16.5. The molecule has 0 nitrogen and oxygen atoms in total. The van der Waals surface area contributed by atoms with Gasteiger partial charge in [0.25, 0.3) is 0 Å². The molecule has 0 aromatic heterocycles. The maximum absolute atomic E-state index is 5.85. The fraction of sp³-hybridized carbons (Fsp3) is 0.143. The summed E-state index contributed by atoms with van der Waals surface area (Å²) in [4.78, 5) is 0. The highest BCUT2D eigenvalue weighted by Crippen LogP contribution is 2.21. The van der Waals surface area contributed by atoms with Crippen LogP contribution in [0.4, 0.5) is 0 Å². The molecule has 2 aromatic carbocycles. The van der Waals surface area contributed by atoms with E-state index in [1.165, 1.54) is 11.1 Å². The van der Waals surface area contributed by atoms with E-state index in [4.69, 9.17) is 11.6 Å². The van der Waals surface area contributed by atoms with Crippen molar-refractivity contribution < 1.29 is 0 Å². The van der Waals surface area contributed by atoms with Crippen molar-refractivity contribution in [3.05, 3.63) is 69.2 Å². The van der Waals surface area contributed by atoms with Crippen molar-refractivity contribution in [1.29, 1.82) is 0 Å². The molecule has 17 heavy (non-hydrogen) atoms. The van der Waals surface area contributed by atoms with E-state index >= 15 is 0 Å². The van der Waals surface area contributed by atoms with Crippen molar-refractivity contribution >= 4 is 39.3 Å². The molecule has 2 aromatic rings. The van der Waals surface area contributed by atoms with Crippen molar-refractivity contribution in [2.75, 3.05) is 0 Å². The van der Waals surface area contributed by atoms with Crippen LogP contribution in [0.3, 0.4) is 0 Å². The van der Waals surface area contributed by atoms with Gasteiger partial charge in [0.15, 0.2) is 0 Å². The molecule has 3 heteroatoms. The highest BCUT2D eigenvalue weighted by atomic mass is 79.9. The topological polar surface area (TPSA) is 0 Å². The first-order chi connectivity index (χ1) is 8.24. The second-order valence-corrected chi connectivity index (χ2v) is 6.09. The molecule has 0 aliphatic rings. The number of halogens is 2. The SMILES string of the molecule is Clc1ccc(CSCc2cccc(Br)c2)cc1. The van der Waals surface area contributed by atoms with Gasteiger partial charge in [-0.25, -0.2) is 0 Å². The lowest BCUT2D eigenvalue weighted by Gasteiger charge is -2.03. The van der Waals surface area contributed by atoms with E-state index in [2.05, 4.69) is 46.3 Å². The molecular weight excluding hydrogens is 316 g/mol. The molecule has 0 saturated heterocycles. The zero-order chi connectivity index (χ0) is 12.1. The normalized spacial score (nSPS) is 10.5. The van der Waals surface area contributed by atoms with Gasteiger partial charge in [0, 0.05) is 21.0 Å². The van der Waals surface area contributed by atoms with Crippen molar-refractivity contribution in [1.82, 2.24) is 0 Å². The first-order valence-corrected chi connectivity index (χ1v) is 7.63. The van der Waals surface area contributed by atoms with Crippen LogP contribution in [0.1, 0.15) is 11.1 Å². The maximum atomic E-state index is 5.85. The average Bonchev–Trinajstić information content (AvgIpc) is 2.32. The Hall–Kier alpha value is -0.440. The van der Waals surface area contributed by atoms with E-state index in [1.807, 2.05) is 30.0 Å². The van der Waals surface area contributed by atoms with E-state index in [9.17, 15) is 0 Å². The summed E-state index contributed by atoms with van der Waals surface area (Å²) in [7, 11) is 0. The minimum absolute atomic E-state index is 0.797. The predicted octanol–water partition coefficient (Wildman–Crippen LogP) is 5.54. The molecule has 0 N–H and O–H groups in total. The summed E-state index contributed by atoms with van der Waals surface area (Å²) in [6.07, 6.45) is 0. The largest absolute Gasteiger partial charge is 0.152 e. The second kappa shape index (κ2) is 6.48. The fourth-order valence-electron chi connectivity index (χ4n) is 1.49. The van der Waals surface area contributed by atoms with Crippen molar-refractivity contribution in [3.8, 4) is 0 Å². The van der Waals surface area contributed by atoms with Gasteiger partial charge in [-0.05, 0) is 35.4 Å². The molecule has 0 unspecified atom stereocenters. The number of hydrogen-bond acceptors (Lipinski definition) is 1. The van der Waals surface area contributed by atoms with Crippen LogP contribution in [-0.4, -0.2) is 0 Å². The molecule has 0 saturated carbocycles. The summed E-state index contributed by atoms with van der Waals surface area (Å²) < 4.78 is 1.14. The number of hydrogen-bond donors (Lipinski definition) is 0. The first-order valence-electron chi connectivity index (χ1n) is 5.31. The van der Waals surface area contributed by atoms with E-state index in [0.29, 0.717) is 0 Å². The van der Waals surface area contributed by atoms with Gasteiger partial charge >= 0.3 is 0 Å². The molecule has 0 radical (unpaired) electrons. The Balaban J connectivity index is 1.85. The van der Waals surface area contributed by atoms with Gasteiger partial charge in [0.1, 0.15) is 0 Å². The van der Waals surface area contributed by atoms with Crippen LogP contribution in [0, 0.1) is 0 Å². The highest BCUT2D eigenvalue weighted by molar-refractivity contribution is 9.10. The molecule has 0 atom stereocenters. The Bertz CT molecular complexity index is 482. The lowest BCUT2D eigenvalue weighted by atomic mass is 10.2. The quantitative estimate of drug-likeness (QED) is 0.711. The van der Waals surface area contributed by atoms with Crippen molar-refractivity contribution in [2.24, 2.45) is 0 Å². The third-order valence-corrected chi connectivity index (χ3v) is 4.16. The van der Waals surface area contributed by atoms with Crippen LogP contribution >= 0.6 is 39.3 Å². The summed E-state index contributed by atoms with van der Waals surface area (Å²) in [6.45, 7) is 0. The molecule has 0 bridgehead atoms. The molecule has 0 aliphatic heterocycles. The van der Waals surface area contributed by atoms with Crippen LogP contribution in [0.15, 0.2) is 53.0 Å². The average molecular weight is 328 g/mol. The van der Waals surface area contributed by atoms with Gasteiger partial charge in [-0.2, -0.15) is 11.8 Å². The summed E-state index contributed by atoms with van der Waals surface area (Å²) in [5.41, 5.74) is 2.66. The Morgan fingerprint density at radius 3 is 2.35 bits per heavy atom. The molecular formula is C14H12BrClS. The van der Waals surface area contributed by atoms with Crippen molar-refractivity contribution in [3.63, 3.8) is 0 Å². The Labute approximate surface area is 120 Å². The molecule has 0 heterocycles. The maximum Gasteiger partial charge on any atom is 0.0406 e. The molecule has 0 amide bonds. The predicted molar refractivity (Wildman–Crippen MR) is 80.6 cm³/mol. The fourth-order valence-corrected chi connectivity index (χ4v) is 3.01. The first kappa shape index (κ1) is 13.0. The summed E-state index contributed by atoms with van der Waals surface area (Å²) in [5, 5.41) is 0.797. The number of benzene rings is 2. The molecule has 0 fully saturated rings. The van der Waals surface area contributed by atoms with Gasteiger partial charge in [-0.1, -0.05) is 51.8 Å². The third kappa shape index (κ3) is 4.38. The van der Waals surface area contributed by atoms with Crippen LogP contribution < -0.4 is 0 Å². The Morgan fingerprint density at radius 2 is 1.65 bits per heavy atom. The van der Waals surface area contributed by atoms with Crippen LogP contribution in [0.2, 0.25) is 5.02 Å². The second-order valence-electron chi connectivity index (χ2n) is 3.75. The standard InChI is InChI=1S/C14H12BrClS/c15-13-3-1-2-12(8-13)10-17-9-11-4-6-14(16)7-5-11/h1-8H,9-10H2. The molecule has 0 aliphatic carbocycles. The van der Waals surface area contributed by atoms with Gasteiger partial charge in [0.2, 0.25) is 0 Å². The van der Waals surface area contributed by atoms with E-state index in [1.54, 1.807) is 0 Å². The number of thioether (sulfide) groups is 1. The van der Waals surface area contributed by atoms with Crippen molar-refractivity contribution in [2.45, 2.75) is 11.5 Å². The lowest BCUT2D eigenvalue weighted by Crippen LogP contribution is -1.83. The van der Waals surface area contributed by atoms with Gasteiger partial charge in [-0.3, -0.25) is 0 Å². The molecule has 0 spiro atoms. The van der Waals surface area contributed by atoms with Gasteiger partial charge < -0.3 is 0 Å². The van der Waals surface area contributed by atoms with Crippen LogP contribution in [-0.2, 0) is 11.5 Å². The zero-order valence-electron chi connectivity index (χ0n) is 9.20. The number of rotatable bonds is 4. The third-order valence-electron chi connectivity index (χ3n) is 2.34. The monoisotopic (exact) mass is 326 g/mol. The summed E-state index contributed by atoms with van der Waals surface area (Å²) >= 11 is 11.2. The smallest absolute Gasteiger partial charge is 0.0406 e. The molecule has 2 rings (SSSR count). The Kier molecular flexibility index (Phi) is 4.96. The summed E-state index contributed by atoms with van der Waals surface area (Å²) in [5.74, 6) is 2.05. The van der Waals surface area contributed by atoms with E-state index < -0.39 is 0 Å². The van der Waals surface area contributed by atoms with Crippen LogP contribution in [0.5, 0.6) is 0 Å². The lowest BCUT2D eigenvalue weighted by molar-refractivity contribution is 1.36. The molecule has 88 valence electrons. The highest BCUT2D eigenvalue weighted by Gasteiger charge is 1.97. The minimum Gasteiger partial charge on any atom is -0.152 e. The van der Waals surface area contributed by atoms with Gasteiger partial charge in [0.05, 0.1) is 0 Å². The Morgan fingerprint density at radius 1 is 0.941 bits per heavy atom. The van der Waals surface area contributed by atoms with E-state index in [0.717, 1.165) is 21.0 Å². The van der Waals surface area contributed by atoms with Crippen LogP contribution in [0.25, 0.3) is 0 Å². The van der Waals surface area contributed by atoms with E-state index in [-0.39, 0.29) is 0 Å². The van der Waals surface area contributed by atoms with Gasteiger partial charge in [-0.15, -0.1) is 0 Å². The zero-order valence-corrected chi connectivity index (χ0v) is 12.4. The minimum atomic E-state index is 0.797.